The Morgan fingerprint density at radius 3 is 2.32 bits per heavy atom. The number of hydrogen-bond donors (Lipinski definition) is 2. The van der Waals surface area contributed by atoms with E-state index < -0.39 is 11.7 Å². The fourth-order valence-corrected chi connectivity index (χ4v) is 1.35. The highest BCUT2D eigenvalue weighted by Gasteiger charge is 2.31. The summed E-state index contributed by atoms with van der Waals surface area (Å²) in [7, 11) is 5.35. The highest BCUT2D eigenvalue weighted by Crippen LogP contribution is 2.31. The molecule has 0 fully saturated rings. The Morgan fingerprint density at radius 2 is 1.84 bits per heavy atom. The second-order valence-corrected chi connectivity index (χ2v) is 4.57. The summed E-state index contributed by atoms with van der Waals surface area (Å²) < 4.78 is 38.2. The van der Waals surface area contributed by atoms with Gasteiger partial charge in [0.05, 0.1) is 5.56 Å². The molecule has 0 bridgehead atoms. The maximum absolute atomic E-state index is 12.7. The smallest absolute Gasteiger partial charge is 0.373 e. The van der Waals surface area contributed by atoms with E-state index in [4.69, 9.17) is 0 Å². The minimum atomic E-state index is -4.38. The zero-order chi connectivity index (χ0) is 14.6. The summed E-state index contributed by atoms with van der Waals surface area (Å²) in [6.45, 7) is 2.49. The SMILES string of the molecule is CNc1cc(C(F)(F)F)cc(NCC(C)N(C)C)n1. The Morgan fingerprint density at radius 1 is 1.26 bits per heavy atom. The van der Waals surface area contributed by atoms with Crippen molar-refractivity contribution in [1.29, 1.82) is 0 Å². The molecule has 0 amide bonds. The second kappa shape index (κ2) is 6.10. The number of nitrogens with one attached hydrogen (secondary N) is 2. The fraction of sp³-hybridized carbons (Fsp3) is 0.583. The average molecular weight is 276 g/mol. The van der Waals surface area contributed by atoms with Crippen LogP contribution in [0, 0.1) is 0 Å². The van der Waals surface area contributed by atoms with Gasteiger partial charge in [-0.1, -0.05) is 0 Å². The van der Waals surface area contributed by atoms with Crippen LogP contribution < -0.4 is 10.6 Å². The average Bonchev–Trinajstić information content (AvgIpc) is 2.34. The first-order valence-electron chi connectivity index (χ1n) is 5.91. The molecule has 0 radical (unpaired) electrons. The summed E-state index contributed by atoms with van der Waals surface area (Å²) in [4.78, 5) is 6.03. The van der Waals surface area contributed by atoms with Crippen molar-refractivity contribution in [3.05, 3.63) is 17.7 Å². The Balaban J connectivity index is 2.89. The van der Waals surface area contributed by atoms with Gasteiger partial charge >= 0.3 is 6.18 Å². The predicted octanol–water partition coefficient (Wildman–Crippen LogP) is 2.50. The summed E-state index contributed by atoms with van der Waals surface area (Å²) in [6, 6.07) is 2.19. The van der Waals surface area contributed by atoms with Crippen LogP contribution in [0.5, 0.6) is 0 Å². The molecule has 0 aliphatic rings. The van der Waals surface area contributed by atoms with Crippen LogP contribution in [0.3, 0.4) is 0 Å². The molecule has 1 aromatic rings. The summed E-state index contributed by atoms with van der Waals surface area (Å²) in [5.74, 6) is 0.405. The maximum Gasteiger partial charge on any atom is 0.416 e. The van der Waals surface area contributed by atoms with E-state index in [0.717, 1.165) is 12.1 Å². The van der Waals surface area contributed by atoms with Gasteiger partial charge < -0.3 is 15.5 Å². The Kier molecular flexibility index (Phi) is 4.99. The number of alkyl halides is 3. The minimum absolute atomic E-state index is 0.189. The molecular weight excluding hydrogens is 257 g/mol. The highest BCUT2D eigenvalue weighted by atomic mass is 19.4. The summed E-state index contributed by atoms with van der Waals surface area (Å²) in [6.07, 6.45) is -4.38. The van der Waals surface area contributed by atoms with E-state index in [0.29, 0.717) is 6.54 Å². The van der Waals surface area contributed by atoms with Crippen molar-refractivity contribution in [3.63, 3.8) is 0 Å². The standard InChI is InChI=1S/C12H19F3N4/c1-8(19(3)4)7-17-11-6-9(12(13,14)15)5-10(16-2)18-11/h5-6,8H,7H2,1-4H3,(H2,16,17,18). The Hall–Kier alpha value is -1.50. The lowest BCUT2D eigenvalue weighted by molar-refractivity contribution is -0.137. The molecule has 4 nitrogen and oxygen atoms in total. The number of pyridine rings is 1. The van der Waals surface area contributed by atoms with Crippen LogP contribution in [-0.4, -0.2) is 43.6 Å². The first-order chi connectivity index (χ1) is 8.74. The van der Waals surface area contributed by atoms with Gasteiger partial charge in [-0.3, -0.25) is 0 Å². The van der Waals surface area contributed by atoms with Crippen molar-refractivity contribution in [2.45, 2.75) is 19.1 Å². The lowest BCUT2D eigenvalue weighted by atomic mass is 10.2. The minimum Gasteiger partial charge on any atom is -0.373 e. The zero-order valence-corrected chi connectivity index (χ0v) is 11.5. The van der Waals surface area contributed by atoms with Gasteiger partial charge in [0.25, 0.3) is 0 Å². The first-order valence-corrected chi connectivity index (χ1v) is 5.91. The zero-order valence-electron chi connectivity index (χ0n) is 11.5. The molecule has 0 aliphatic heterocycles. The molecule has 1 rings (SSSR count). The number of hydrogen-bond acceptors (Lipinski definition) is 4. The topological polar surface area (TPSA) is 40.2 Å². The van der Waals surface area contributed by atoms with Crippen LogP contribution in [0.4, 0.5) is 24.8 Å². The van der Waals surface area contributed by atoms with Gasteiger partial charge in [-0.05, 0) is 33.2 Å². The molecule has 1 heterocycles. The van der Waals surface area contributed by atoms with E-state index in [-0.39, 0.29) is 17.7 Å². The molecule has 1 unspecified atom stereocenters. The van der Waals surface area contributed by atoms with Crippen LogP contribution in [0.25, 0.3) is 0 Å². The third kappa shape index (κ3) is 4.59. The number of rotatable bonds is 5. The van der Waals surface area contributed by atoms with Crippen LogP contribution in [0.1, 0.15) is 12.5 Å². The molecule has 19 heavy (non-hydrogen) atoms. The van der Waals surface area contributed by atoms with Gasteiger partial charge in [-0.15, -0.1) is 0 Å². The highest BCUT2D eigenvalue weighted by molar-refractivity contribution is 5.49. The first kappa shape index (κ1) is 15.6. The Labute approximate surface area is 111 Å². The van der Waals surface area contributed by atoms with Crippen molar-refractivity contribution in [2.24, 2.45) is 0 Å². The fourth-order valence-electron chi connectivity index (χ4n) is 1.35. The van der Waals surface area contributed by atoms with E-state index in [9.17, 15) is 13.2 Å². The van der Waals surface area contributed by atoms with Gasteiger partial charge in [-0.2, -0.15) is 13.2 Å². The van der Waals surface area contributed by atoms with E-state index in [1.807, 2.05) is 25.9 Å². The van der Waals surface area contributed by atoms with Gasteiger partial charge in [0.2, 0.25) is 0 Å². The number of aromatic nitrogens is 1. The third-order valence-corrected chi connectivity index (χ3v) is 2.87. The molecule has 0 saturated carbocycles. The molecule has 0 aromatic carbocycles. The number of nitrogens with zero attached hydrogens (tertiary/aromatic N) is 2. The lowest BCUT2D eigenvalue weighted by Gasteiger charge is -2.21. The molecule has 0 spiro atoms. The predicted molar refractivity (Wildman–Crippen MR) is 70.4 cm³/mol. The summed E-state index contributed by atoms with van der Waals surface area (Å²) in [5, 5.41) is 5.55. The maximum atomic E-state index is 12.7. The summed E-state index contributed by atoms with van der Waals surface area (Å²) >= 11 is 0. The van der Waals surface area contributed by atoms with Gasteiger partial charge in [0, 0.05) is 19.6 Å². The quantitative estimate of drug-likeness (QED) is 0.867. The second-order valence-electron chi connectivity index (χ2n) is 4.57. The molecule has 0 saturated heterocycles. The van der Waals surface area contributed by atoms with Gasteiger partial charge in [-0.25, -0.2) is 4.98 Å². The van der Waals surface area contributed by atoms with Gasteiger partial charge in [0.1, 0.15) is 11.6 Å². The normalized spacial score (nSPS) is 13.5. The molecular formula is C12H19F3N4. The van der Waals surface area contributed by atoms with E-state index in [1.165, 1.54) is 7.05 Å². The van der Waals surface area contributed by atoms with E-state index in [2.05, 4.69) is 15.6 Å². The number of anilines is 2. The van der Waals surface area contributed by atoms with Crippen molar-refractivity contribution in [3.8, 4) is 0 Å². The molecule has 2 N–H and O–H groups in total. The van der Waals surface area contributed by atoms with Crippen LogP contribution in [0.2, 0.25) is 0 Å². The third-order valence-electron chi connectivity index (χ3n) is 2.87. The number of likely N-dealkylation sites (N-methyl/N-ethyl adjacent to an activating group) is 1. The largest absolute Gasteiger partial charge is 0.416 e. The van der Waals surface area contributed by atoms with Crippen molar-refractivity contribution in [1.82, 2.24) is 9.88 Å². The number of halogens is 3. The lowest BCUT2D eigenvalue weighted by Crippen LogP contribution is -2.31. The summed E-state index contributed by atoms with van der Waals surface area (Å²) in [5.41, 5.74) is -0.716. The van der Waals surface area contributed by atoms with Crippen molar-refractivity contribution >= 4 is 11.6 Å². The van der Waals surface area contributed by atoms with E-state index >= 15 is 0 Å². The van der Waals surface area contributed by atoms with E-state index in [1.54, 1.807) is 0 Å². The van der Waals surface area contributed by atoms with Gasteiger partial charge in [0.15, 0.2) is 0 Å². The van der Waals surface area contributed by atoms with Crippen LogP contribution in [0.15, 0.2) is 12.1 Å². The van der Waals surface area contributed by atoms with Crippen LogP contribution in [-0.2, 0) is 6.18 Å². The van der Waals surface area contributed by atoms with Crippen molar-refractivity contribution < 1.29 is 13.2 Å². The molecule has 7 heteroatoms. The monoisotopic (exact) mass is 276 g/mol. The Bertz CT molecular complexity index is 418. The molecule has 1 atom stereocenters. The molecule has 108 valence electrons. The van der Waals surface area contributed by atoms with Crippen LogP contribution >= 0.6 is 0 Å². The molecule has 1 aromatic heterocycles. The van der Waals surface area contributed by atoms with Crippen molar-refractivity contribution in [2.75, 3.05) is 38.3 Å². The molecule has 0 aliphatic carbocycles.